The molecule has 118 valence electrons. The Bertz CT molecular complexity index is 851. The predicted molar refractivity (Wildman–Crippen MR) is 90.6 cm³/mol. The summed E-state index contributed by atoms with van der Waals surface area (Å²) in [6.45, 7) is 5.76. The number of benzene rings is 1. The minimum Gasteiger partial charge on any atom is -0.360 e. The molecule has 1 aromatic carbocycles. The average molecular weight is 327 g/mol. The molecule has 0 aliphatic heterocycles. The third-order valence-electron chi connectivity index (χ3n) is 3.37. The van der Waals surface area contributed by atoms with E-state index in [4.69, 9.17) is 4.52 Å². The Morgan fingerprint density at radius 1 is 1.26 bits per heavy atom. The molecule has 2 heterocycles. The molecule has 1 amide bonds. The highest BCUT2D eigenvalue weighted by Crippen LogP contribution is 2.28. The van der Waals surface area contributed by atoms with Gasteiger partial charge in [-0.05, 0) is 26.8 Å². The van der Waals surface area contributed by atoms with Crippen molar-refractivity contribution >= 4 is 23.1 Å². The van der Waals surface area contributed by atoms with Gasteiger partial charge in [-0.25, -0.2) is 4.98 Å². The molecule has 0 bridgehead atoms. The van der Waals surface area contributed by atoms with E-state index in [9.17, 15) is 4.79 Å². The number of hydrogen-bond donors (Lipinski definition) is 1. The van der Waals surface area contributed by atoms with Gasteiger partial charge in [0.2, 0.25) is 5.91 Å². The number of thiazole rings is 1. The van der Waals surface area contributed by atoms with Crippen LogP contribution in [0.3, 0.4) is 0 Å². The van der Waals surface area contributed by atoms with E-state index in [1.54, 1.807) is 24.3 Å². The number of carbonyl (C=O) groups is 1. The molecule has 0 spiro atoms. The van der Waals surface area contributed by atoms with Crippen LogP contribution in [0.5, 0.6) is 0 Å². The quantitative estimate of drug-likeness (QED) is 0.789. The molecule has 0 aliphatic rings. The van der Waals surface area contributed by atoms with E-state index in [0.717, 1.165) is 21.1 Å². The number of aromatic nitrogens is 2. The molecule has 5 nitrogen and oxygen atoms in total. The fraction of sp³-hybridized carbons (Fsp3) is 0.235. The molecule has 6 heteroatoms. The summed E-state index contributed by atoms with van der Waals surface area (Å²) in [7, 11) is 0. The standard InChI is InChI=1S/C17H17N3O2S/c1-10-5-4-6-13(7-10)17-18-12(3)14(23-17)9-16(21)19-15-8-11(2)22-20-15/h4-8H,9H2,1-3H3,(H,19,20,21). The predicted octanol–water partition coefficient (Wildman–Crippen LogP) is 3.90. The summed E-state index contributed by atoms with van der Waals surface area (Å²) in [4.78, 5) is 17.7. The molecule has 3 aromatic rings. The molecule has 23 heavy (non-hydrogen) atoms. The van der Waals surface area contributed by atoms with E-state index < -0.39 is 0 Å². The van der Waals surface area contributed by atoms with Crippen LogP contribution in [0.25, 0.3) is 10.6 Å². The minimum atomic E-state index is -0.124. The fourth-order valence-corrected chi connectivity index (χ4v) is 3.31. The molecular formula is C17H17N3O2S. The first-order valence-corrected chi connectivity index (χ1v) is 8.09. The van der Waals surface area contributed by atoms with Gasteiger partial charge in [0.1, 0.15) is 10.8 Å². The second kappa shape index (κ2) is 6.34. The van der Waals surface area contributed by atoms with E-state index in [2.05, 4.69) is 34.5 Å². The summed E-state index contributed by atoms with van der Waals surface area (Å²) >= 11 is 1.55. The number of carbonyl (C=O) groups excluding carboxylic acids is 1. The Hall–Kier alpha value is -2.47. The van der Waals surface area contributed by atoms with E-state index in [1.165, 1.54) is 5.56 Å². The lowest BCUT2D eigenvalue weighted by Gasteiger charge is -1.99. The maximum atomic E-state index is 12.1. The third kappa shape index (κ3) is 3.65. The van der Waals surface area contributed by atoms with Gasteiger partial charge in [0.15, 0.2) is 5.82 Å². The molecule has 2 aromatic heterocycles. The number of aryl methyl sites for hydroxylation is 3. The molecule has 1 N–H and O–H groups in total. The number of rotatable bonds is 4. The van der Waals surface area contributed by atoms with Crippen molar-refractivity contribution in [1.82, 2.24) is 10.1 Å². The van der Waals surface area contributed by atoms with Crippen molar-refractivity contribution in [2.24, 2.45) is 0 Å². The van der Waals surface area contributed by atoms with Crippen LogP contribution in [0.2, 0.25) is 0 Å². The van der Waals surface area contributed by atoms with Crippen LogP contribution in [-0.4, -0.2) is 16.0 Å². The zero-order chi connectivity index (χ0) is 16.4. The van der Waals surface area contributed by atoms with Crippen molar-refractivity contribution in [2.75, 3.05) is 5.32 Å². The molecule has 0 unspecified atom stereocenters. The Balaban J connectivity index is 1.74. The van der Waals surface area contributed by atoms with E-state index >= 15 is 0 Å². The largest absolute Gasteiger partial charge is 0.360 e. The van der Waals surface area contributed by atoms with Crippen LogP contribution in [0.4, 0.5) is 5.82 Å². The van der Waals surface area contributed by atoms with Gasteiger partial charge in [-0.2, -0.15) is 0 Å². The van der Waals surface area contributed by atoms with Crippen molar-refractivity contribution in [2.45, 2.75) is 27.2 Å². The van der Waals surface area contributed by atoms with Gasteiger partial charge in [0, 0.05) is 16.5 Å². The lowest BCUT2D eigenvalue weighted by molar-refractivity contribution is -0.115. The number of amides is 1. The second-order valence-corrected chi connectivity index (χ2v) is 6.53. The SMILES string of the molecule is Cc1cccc(-c2nc(C)c(CC(=O)Nc3cc(C)on3)s2)c1. The Labute approximate surface area is 138 Å². The van der Waals surface area contributed by atoms with Gasteiger partial charge in [-0.1, -0.05) is 28.9 Å². The van der Waals surface area contributed by atoms with Crippen molar-refractivity contribution in [1.29, 1.82) is 0 Å². The Morgan fingerprint density at radius 3 is 2.78 bits per heavy atom. The molecule has 0 saturated carbocycles. The van der Waals surface area contributed by atoms with Crippen molar-refractivity contribution in [3.8, 4) is 10.6 Å². The zero-order valence-electron chi connectivity index (χ0n) is 13.2. The Kier molecular flexibility index (Phi) is 4.25. The molecule has 0 aliphatic carbocycles. The third-order valence-corrected chi connectivity index (χ3v) is 4.58. The van der Waals surface area contributed by atoms with Crippen molar-refractivity contribution < 1.29 is 9.32 Å². The number of hydrogen-bond acceptors (Lipinski definition) is 5. The van der Waals surface area contributed by atoms with Crippen LogP contribution in [0.15, 0.2) is 34.9 Å². The lowest BCUT2D eigenvalue weighted by Crippen LogP contribution is -2.14. The van der Waals surface area contributed by atoms with Crippen molar-refractivity contribution in [3.63, 3.8) is 0 Å². The summed E-state index contributed by atoms with van der Waals surface area (Å²) in [5.41, 5.74) is 3.16. The second-order valence-electron chi connectivity index (χ2n) is 5.44. The first-order valence-electron chi connectivity index (χ1n) is 7.28. The highest BCUT2D eigenvalue weighted by molar-refractivity contribution is 7.15. The monoisotopic (exact) mass is 327 g/mol. The van der Waals surface area contributed by atoms with Crippen LogP contribution in [-0.2, 0) is 11.2 Å². The Morgan fingerprint density at radius 2 is 2.09 bits per heavy atom. The fourth-order valence-electron chi connectivity index (χ4n) is 2.25. The van der Waals surface area contributed by atoms with Gasteiger partial charge < -0.3 is 9.84 Å². The van der Waals surface area contributed by atoms with Gasteiger partial charge in [0.25, 0.3) is 0 Å². The average Bonchev–Trinajstić information content (AvgIpc) is 3.06. The summed E-state index contributed by atoms with van der Waals surface area (Å²) in [5, 5.41) is 7.43. The van der Waals surface area contributed by atoms with Gasteiger partial charge in [-0.3, -0.25) is 4.79 Å². The number of anilines is 1. The minimum absolute atomic E-state index is 0.124. The first-order chi connectivity index (χ1) is 11.0. The van der Waals surface area contributed by atoms with Crippen LogP contribution >= 0.6 is 11.3 Å². The number of nitrogens with one attached hydrogen (secondary N) is 1. The molecule has 0 atom stereocenters. The molecule has 0 radical (unpaired) electrons. The van der Waals surface area contributed by atoms with Crippen molar-refractivity contribution in [3.05, 3.63) is 52.2 Å². The maximum Gasteiger partial charge on any atom is 0.230 e. The lowest BCUT2D eigenvalue weighted by atomic mass is 10.1. The van der Waals surface area contributed by atoms with Crippen LogP contribution in [0.1, 0.15) is 21.9 Å². The molecule has 0 saturated heterocycles. The summed E-state index contributed by atoms with van der Waals surface area (Å²) in [5.74, 6) is 0.977. The van der Waals surface area contributed by atoms with Gasteiger partial charge >= 0.3 is 0 Å². The summed E-state index contributed by atoms with van der Waals surface area (Å²) in [6.07, 6.45) is 0.279. The first kappa shape index (κ1) is 15.4. The van der Waals surface area contributed by atoms with Gasteiger partial charge in [0.05, 0.1) is 12.1 Å². The summed E-state index contributed by atoms with van der Waals surface area (Å²) in [6, 6.07) is 9.89. The van der Waals surface area contributed by atoms with Crippen LogP contribution in [0, 0.1) is 20.8 Å². The van der Waals surface area contributed by atoms with Crippen LogP contribution < -0.4 is 5.32 Å². The van der Waals surface area contributed by atoms with Gasteiger partial charge in [-0.15, -0.1) is 11.3 Å². The smallest absolute Gasteiger partial charge is 0.230 e. The molecular weight excluding hydrogens is 310 g/mol. The van der Waals surface area contributed by atoms with E-state index in [-0.39, 0.29) is 12.3 Å². The highest BCUT2D eigenvalue weighted by Gasteiger charge is 2.14. The topological polar surface area (TPSA) is 68.0 Å². The molecule has 3 rings (SSSR count). The highest BCUT2D eigenvalue weighted by atomic mass is 32.1. The van der Waals surface area contributed by atoms with E-state index in [1.807, 2.05) is 19.1 Å². The summed E-state index contributed by atoms with van der Waals surface area (Å²) < 4.78 is 4.94. The molecule has 0 fully saturated rings. The zero-order valence-corrected chi connectivity index (χ0v) is 14.0. The maximum absolute atomic E-state index is 12.1. The number of nitrogens with zero attached hydrogens (tertiary/aromatic N) is 2. The van der Waals surface area contributed by atoms with E-state index in [0.29, 0.717) is 11.6 Å². The normalized spacial score (nSPS) is 10.7.